The molecule has 26 heavy (non-hydrogen) atoms. The molecule has 8 heteroatoms. The zero-order valence-electron chi connectivity index (χ0n) is 15.9. The number of rotatable bonds is 5. The first-order chi connectivity index (χ1) is 12.1. The molecule has 1 aliphatic rings. The Labute approximate surface area is 172 Å². The third-order valence-corrected chi connectivity index (χ3v) is 4.24. The third-order valence-electron chi connectivity index (χ3n) is 4.24. The van der Waals surface area contributed by atoms with E-state index >= 15 is 0 Å². The van der Waals surface area contributed by atoms with Crippen molar-refractivity contribution in [2.45, 2.75) is 20.4 Å². The first kappa shape index (κ1) is 22.3. The molecule has 1 heterocycles. The third kappa shape index (κ3) is 5.65. The van der Waals surface area contributed by atoms with Crippen LogP contribution in [-0.4, -0.2) is 68.6 Å². The number of carbonyl (C=O) groups excluding carboxylic acids is 1. The van der Waals surface area contributed by atoms with Gasteiger partial charge < -0.3 is 24.6 Å². The Morgan fingerprint density at radius 1 is 1.15 bits per heavy atom. The summed E-state index contributed by atoms with van der Waals surface area (Å²) in [6.07, 6.45) is 0. The van der Waals surface area contributed by atoms with Gasteiger partial charge in [0.05, 0.1) is 20.8 Å². The number of benzene rings is 1. The van der Waals surface area contributed by atoms with Crippen LogP contribution in [-0.2, 0) is 11.3 Å². The molecule has 2 rings (SSSR count). The van der Waals surface area contributed by atoms with Gasteiger partial charge in [-0.25, -0.2) is 4.99 Å². The molecule has 1 aliphatic heterocycles. The SMILES string of the molecule is CCNC(=NCc1cccc(OC)c1OC)N1CCN(C(C)=O)CC1.I. The molecule has 1 N–H and O–H groups in total. The second kappa shape index (κ2) is 11.1. The van der Waals surface area contributed by atoms with Gasteiger partial charge in [-0.05, 0) is 13.0 Å². The van der Waals surface area contributed by atoms with Gasteiger partial charge in [-0.3, -0.25) is 4.79 Å². The molecule has 0 saturated carbocycles. The van der Waals surface area contributed by atoms with Crippen LogP contribution < -0.4 is 14.8 Å². The van der Waals surface area contributed by atoms with Crippen LogP contribution in [0.25, 0.3) is 0 Å². The van der Waals surface area contributed by atoms with Gasteiger partial charge in [-0.2, -0.15) is 0 Å². The van der Waals surface area contributed by atoms with Crippen molar-refractivity contribution < 1.29 is 14.3 Å². The Bertz CT molecular complexity index is 616. The number of methoxy groups -OCH3 is 2. The number of piperazine rings is 1. The fourth-order valence-corrected chi connectivity index (χ4v) is 2.90. The number of guanidine groups is 1. The monoisotopic (exact) mass is 476 g/mol. The molecule has 0 aliphatic carbocycles. The van der Waals surface area contributed by atoms with E-state index in [0.717, 1.165) is 44.2 Å². The van der Waals surface area contributed by atoms with Gasteiger partial charge in [0.1, 0.15) is 0 Å². The Kier molecular flexibility index (Phi) is 9.53. The number of para-hydroxylation sites is 1. The molecule has 0 bridgehead atoms. The highest BCUT2D eigenvalue weighted by molar-refractivity contribution is 14.0. The summed E-state index contributed by atoms with van der Waals surface area (Å²) in [4.78, 5) is 20.3. The lowest BCUT2D eigenvalue weighted by Gasteiger charge is -2.36. The molecule has 146 valence electrons. The lowest BCUT2D eigenvalue weighted by molar-refractivity contribution is -0.130. The molecule has 1 aromatic carbocycles. The van der Waals surface area contributed by atoms with E-state index in [9.17, 15) is 4.79 Å². The maximum atomic E-state index is 11.5. The van der Waals surface area contributed by atoms with Crippen LogP contribution in [0.4, 0.5) is 0 Å². The van der Waals surface area contributed by atoms with Gasteiger partial charge >= 0.3 is 0 Å². The fraction of sp³-hybridized carbons (Fsp3) is 0.556. The molecule has 0 aromatic heterocycles. The maximum absolute atomic E-state index is 11.5. The van der Waals surface area contributed by atoms with E-state index < -0.39 is 0 Å². The van der Waals surface area contributed by atoms with Crippen LogP contribution in [0.2, 0.25) is 0 Å². The van der Waals surface area contributed by atoms with E-state index in [2.05, 4.69) is 10.2 Å². The Morgan fingerprint density at radius 2 is 1.81 bits per heavy atom. The number of hydrogen-bond donors (Lipinski definition) is 1. The number of halogens is 1. The number of amides is 1. The summed E-state index contributed by atoms with van der Waals surface area (Å²) in [6.45, 7) is 7.96. The number of nitrogens with one attached hydrogen (secondary N) is 1. The summed E-state index contributed by atoms with van der Waals surface area (Å²) < 4.78 is 10.8. The average Bonchev–Trinajstić information content (AvgIpc) is 2.64. The molecular formula is C18H29IN4O3. The number of hydrogen-bond acceptors (Lipinski definition) is 4. The number of nitrogens with zero attached hydrogens (tertiary/aromatic N) is 3. The van der Waals surface area contributed by atoms with Crippen LogP contribution in [0, 0.1) is 0 Å². The van der Waals surface area contributed by atoms with Crippen molar-refractivity contribution in [2.75, 3.05) is 46.9 Å². The van der Waals surface area contributed by atoms with Gasteiger partial charge in [0.2, 0.25) is 5.91 Å². The highest BCUT2D eigenvalue weighted by Gasteiger charge is 2.21. The minimum atomic E-state index is 0. The van der Waals surface area contributed by atoms with E-state index in [1.807, 2.05) is 30.0 Å². The van der Waals surface area contributed by atoms with Gasteiger partial charge in [0.15, 0.2) is 17.5 Å². The van der Waals surface area contributed by atoms with Crippen molar-refractivity contribution in [2.24, 2.45) is 4.99 Å². The van der Waals surface area contributed by atoms with E-state index in [-0.39, 0.29) is 29.9 Å². The average molecular weight is 476 g/mol. The van der Waals surface area contributed by atoms with Gasteiger partial charge in [-0.1, -0.05) is 12.1 Å². The van der Waals surface area contributed by atoms with E-state index in [4.69, 9.17) is 14.5 Å². The molecule has 1 saturated heterocycles. The molecule has 1 amide bonds. The quantitative estimate of drug-likeness (QED) is 0.400. The minimum Gasteiger partial charge on any atom is -0.493 e. The molecule has 0 spiro atoms. The number of carbonyl (C=O) groups is 1. The van der Waals surface area contributed by atoms with Crippen LogP contribution in [0.3, 0.4) is 0 Å². The summed E-state index contributed by atoms with van der Waals surface area (Å²) in [5.41, 5.74) is 0.972. The molecule has 1 aromatic rings. The van der Waals surface area contributed by atoms with Crippen molar-refractivity contribution >= 4 is 35.8 Å². The standard InChI is InChI=1S/C18H28N4O3.HI/c1-5-19-18(22-11-9-21(10-12-22)14(2)23)20-13-15-7-6-8-16(24-3)17(15)25-4;/h6-8H,5,9-13H2,1-4H3,(H,19,20);1H. The molecule has 1 fully saturated rings. The smallest absolute Gasteiger partial charge is 0.219 e. The van der Waals surface area contributed by atoms with Crippen LogP contribution >= 0.6 is 24.0 Å². The second-order valence-corrected chi connectivity index (χ2v) is 5.82. The summed E-state index contributed by atoms with van der Waals surface area (Å²) in [6, 6.07) is 5.80. The molecule has 0 radical (unpaired) electrons. The lowest BCUT2D eigenvalue weighted by Crippen LogP contribution is -2.53. The Balaban J connectivity index is 0.00000338. The zero-order chi connectivity index (χ0) is 18.2. The zero-order valence-corrected chi connectivity index (χ0v) is 18.3. The van der Waals surface area contributed by atoms with Crippen LogP contribution in [0.1, 0.15) is 19.4 Å². The Hall–Kier alpha value is -1.71. The lowest BCUT2D eigenvalue weighted by atomic mass is 10.2. The predicted molar refractivity (Wildman–Crippen MR) is 114 cm³/mol. The molecular weight excluding hydrogens is 447 g/mol. The number of aliphatic imine (C=N–C) groups is 1. The summed E-state index contributed by atoms with van der Waals surface area (Å²) in [5.74, 6) is 2.40. The van der Waals surface area contributed by atoms with Crippen molar-refractivity contribution in [3.63, 3.8) is 0 Å². The van der Waals surface area contributed by atoms with E-state index in [1.54, 1.807) is 21.1 Å². The summed E-state index contributed by atoms with van der Waals surface area (Å²) >= 11 is 0. The molecule has 0 unspecified atom stereocenters. The molecule has 7 nitrogen and oxygen atoms in total. The van der Waals surface area contributed by atoms with Crippen molar-refractivity contribution in [3.8, 4) is 11.5 Å². The topological polar surface area (TPSA) is 66.4 Å². The van der Waals surface area contributed by atoms with E-state index in [0.29, 0.717) is 18.0 Å². The number of ether oxygens (including phenoxy) is 2. The largest absolute Gasteiger partial charge is 0.493 e. The first-order valence-electron chi connectivity index (χ1n) is 8.59. The maximum Gasteiger partial charge on any atom is 0.219 e. The van der Waals surface area contributed by atoms with Gasteiger partial charge in [0, 0.05) is 45.2 Å². The summed E-state index contributed by atoms with van der Waals surface area (Å²) in [5, 5.41) is 3.33. The van der Waals surface area contributed by atoms with Crippen LogP contribution in [0.5, 0.6) is 11.5 Å². The highest BCUT2D eigenvalue weighted by atomic mass is 127. The highest BCUT2D eigenvalue weighted by Crippen LogP contribution is 2.31. The second-order valence-electron chi connectivity index (χ2n) is 5.82. The molecule has 0 atom stereocenters. The normalized spacial score (nSPS) is 14.5. The van der Waals surface area contributed by atoms with Crippen LogP contribution in [0.15, 0.2) is 23.2 Å². The van der Waals surface area contributed by atoms with E-state index in [1.165, 1.54) is 0 Å². The summed E-state index contributed by atoms with van der Waals surface area (Å²) in [7, 11) is 3.26. The predicted octanol–water partition coefficient (Wildman–Crippen LogP) is 1.95. The van der Waals surface area contributed by atoms with Crippen molar-refractivity contribution in [3.05, 3.63) is 23.8 Å². The Morgan fingerprint density at radius 3 is 2.35 bits per heavy atom. The van der Waals surface area contributed by atoms with Gasteiger partial charge in [0.25, 0.3) is 0 Å². The van der Waals surface area contributed by atoms with Crippen molar-refractivity contribution in [1.29, 1.82) is 0 Å². The first-order valence-corrected chi connectivity index (χ1v) is 8.59. The fourth-order valence-electron chi connectivity index (χ4n) is 2.90. The van der Waals surface area contributed by atoms with Gasteiger partial charge in [-0.15, -0.1) is 24.0 Å². The van der Waals surface area contributed by atoms with Crippen molar-refractivity contribution in [1.82, 2.24) is 15.1 Å². The minimum absolute atomic E-state index is 0.